The van der Waals surface area contributed by atoms with Crippen molar-refractivity contribution in [2.24, 2.45) is 11.7 Å². The summed E-state index contributed by atoms with van der Waals surface area (Å²) < 4.78 is 0. The molecule has 1 saturated carbocycles. The first kappa shape index (κ1) is 8.48. The topological polar surface area (TPSA) is 58.3 Å². The molecule has 0 radical (unpaired) electrons. The molecule has 12 heavy (non-hydrogen) atoms. The molecule has 3 heteroatoms. The number of piperidine rings is 1. The lowest BCUT2D eigenvalue weighted by molar-refractivity contribution is -0.0194. The monoisotopic (exact) mass is 170 g/mol. The highest BCUT2D eigenvalue weighted by Gasteiger charge is 2.43. The molecule has 70 valence electrons. The molecule has 0 spiro atoms. The van der Waals surface area contributed by atoms with Gasteiger partial charge in [0.05, 0.1) is 5.60 Å². The Kier molecular flexibility index (Phi) is 2.10. The van der Waals surface area contributed by atoms with Crippen LogP contribution < -0.4 is 11.1 Å². The summed E-state index contributed by atoms with van der Waals surface area (Å²) in [4.78, 5) is 0. The van der Waals surface area contributed by atoms with Gasteiger partial charge in [-0.1, -0.05) is 0 Å². The van der Waals surface area contributed by atoms with Crippen LogP contribution in [0.2, 0.25) is 0 Å². The lowest BCUT2D eigenvalue weighted by Gasteiger charge is -2.37. The highest BCUT2D eigenvalue weighted by atomic mass is 16.3. The van der Waals surface area contributed by atoms with E-state index in [1.165, 1.54) is 12.8 Å². The van der Waals surface area contributed by atoms with Gasteiger partial charge < -0.3 is 16.2 Å². The Hall–Kier alpha value is -0.120. The van der Waals surface area contributed by atoms with Crippen LogP contribution in [-0.2, 0) is 0 Å². The van der Waals surface area contributed by atoms with Crippen LogP contribution in [0.15, 0.2) is 0 Å². The van der Waals surface area contributed by atoms with Gasteiger partial charge in [-0.15, -0.1) is 0 Å². The molecule has 1 atom stereocenters. The molecule has 0 aromatic rings. The number of aliphatic hydroxyl groups is 1. The van der Waals surface area contributed by atoms with Crippen molar-refractivity contribution in [2.45, 2.75) is 37.3 Å². The van der Waals surface area contributed by atoms with Gasteiger partial charge in [0, 0.05) is 6.04 Å². The predicted octanol–water partition coefficient (Wildman–Crippen LogP) is -0.162. The minimum Gasteiger partial charge on any atom is -0.388 e. The van der Waals surface area contributed by atoms with Gasteiger partial charge in [0.25, 0.3) is 0 Å². The van der Waals surface area contributed by atoms with E-state index in [1.54, 1.807) is 0 Å². The molecule has 0 bridgehead atoms. The van der Waals surface area contributed by atoms with E-state index in [1.807, 2.05) is 0 Å². The van der Waals surface area contributed by atoms with Crippen molar-refractivity contribution in [3.63, 3.8) is 0 Å². The second-order valence-corrected chi connectivity index (χ2v) is 4.22. The minimum atomic E-state index is -0.563. The average Bonchev–Trinajstić information content (AvgIpc) is 2.87. The number of hydrogen-bond acceptors (Lipinski definition) is 3. The first-order valence-electron chi connectivity index (χ1n) is 4.91. The molecule has 1 saturated heterocycles. The van der Waals surface area contributed by atoms with Crippen LogP contribution in [0.5, 0.6) is 0 Å². The molecule has 0 amide bonds. The zero-order valence-electron chi connectivity index (χ0n) is 7.42. The third kappa shape index (κ3) is 1.49. The van der Waals surface area contributed by atoms with E-state index in [-0.39, 0.29) is 6.04 Å². The van der Waals surface area contributed by atoms with E-state index in [4.69, 9.17) is 5.73 Å². The molecule has 2 aliphatic rings. The summed E-state index contributed by atoms with van der Waals surface area (Å²) in [5.41, 5.74) is 5.45. The van der Waals surface area contributed by atoms with E-state index >= 15 is 0 Å². The molecule has 1 aliphatic carbocycles. The van der Waals surface area contributed by atoms with Crippen molar-refractivity contribution >= 4 is 0 Å². The van der Waals surface area contributed by atoms with Crippen molar-refractivity contribution in [1.29, 1.82) is 0 Å². The van der Waals surface area contributed by atoms with Crippen LogP contribution in [0.1, 0.15) is 25.7 Å². The maximum absolute atomic E-state index is 10.2. The predicted molar refractivity (Wildman–Crippen MR) is 47.8 cm³/mol. The zero-order valence-corrected chi connectivity index (χ0v) is 7.42. The molecule has 1 aliphatic heterocycles. The van der Waals surface area contributed by atoms with Crippen LogP contribution in [0, 0.1) is 5.92 Å². The van der Waals surface area contributed by atoms with E-state index < -0.39 is 5.60 Å². The molecule has 0 aromatic heterocycles. The van der Waals surface area contributed by atoms with Gasteiger partial charge in [-0.25, -0.2) is 0 Å². The number of rotatable bonds is 2. The van der Waals surface area contributed by atoms with Gasteiger partial charge in [0.1, 0.15) is 0 Å². The molecular formula is C9H18N2O. The van der Waals surface area contributed by atoms with Crippen LogP contribution >= 0.6 is 0 Å². The summed E-state index contributed by atoms with van der Waals surface area (Å²) in [5, 5.41) is 13.4. The SMILES string of the molecule is NC(C1CC1)C1(O)CCNCC1. The van der Waals surface area contributed by atoms with Crippen LogP contribution in [0.3, 0.4) is 0 Å². The van der Waals surface area contributed by atoms with Gasteiger partial charge in [-0.3, -0.25) is 0 Å². The maximum atomic E-state index is 10.2. The van der Waals surface area contributed by atoms with Gasteiger partial charge in [-0.2, -0.15) is 0 Å². The lowest BCUT2D eigenvalue weighted by atomic mass is 9.83. The van der Waals surface area contributed by atoms with E-state index in [0.29, 0.717) is 5.92 Å². The maximum Gasteiger partial charge on any atom is 0.0824 e. The first-order chi connectivity index (χ1) is 5.72. The second-order valence-electron chi connectivity index (χ2n) is 4.22. The highest BCUT2D eigenvalue weighted by Crippen LogP contribution is 2.38. The van der Waals surface area contributed by atoms with Crippen LogP contribution in [0.25, 0.3) is 0 Å². The number of hydrogen-bond donors (Lipinski definition) is 3. The normalized spacial score (nSPS) is 31.5. The van der Waals surface area contributed by atoms with Crippen molar-refractivity contribution in [2.75, 3.05) is 13.1 Å². The fourth-order valence-electron chi connectivity index (χ4n) is 2.09. The van der Waals surface area contributed by atoms with Crippen molar-refractivity contribution in [1.82, 2.24) is 5.32 Å². The van der Waals surface area contributed by atoms with Crippen LogP contribution in [0.4, 0.5) is 0 Å². The first-order valence-corrected chi connectivity index (χ1v) is 4.91. The van der Waals surface area contributed by atoms with Crippen molar-refractivity contribution in [3.8, 4) is 0 Å². The van der Waals surface area contributed by atoms with E-state index in [0.717, 1.165) is 25.9 Å². The summed E-state index contributed by atoms with van der Waals surface area (Å²) >= 11 is 0. The highest BCUT2D eigenvalue weighted by molar-refractivity contribution is 5.00. The fourth-order valence-corrected chi connectivity index (χ4v) is 2.09. The van der Waals surface area contributed by atoms with E-state index in [2.05, 4.69) is 5.32 Å². The van der Waals surface area contributed by atoms with Crippen molar-refractivity contribution < 1.29 is 5.11 Å². The number of nitrogens with two attached hydrogens (primary N) is 1. The zero-order chi connectivity index (χ0) is 8.60. The second kappa shape index (κ2) is 2.98. The summed E-state index contributed by atoms with van der Waals surface area (Å²) in [6.45, 7) is 1.83. The fraction of sp³-hybridized carbons (Fsp3) is 1.00. The third-order valence-electron chi connectivity index (χ3n) is 3.22. The molecule has 2 fully saturated rings. The molecule has 4 N–H and O–H groups in total. The Morgan fingerprint density at radius 1 is 1.33 bits per heavy atom. The largest absolute Gasteiger partial charge is 0.388 e. The van der Waals surface area contributed by atoms with Crippen LogP contribution in [-0.4, -0.2) is 29.8 Å². The Bertz CT molecular complexity index is 162. The third-order valence-corrected chi connectivity index (χ3v) is 3.22. The summed E-state index contributed by atoms with van der Waals surface area (Å²) in [6, 6.07) is 0.0274. The van der Waals surface area contributed by atoms with Crippen molar-refractivity contribution in [3.05, 3.63) is 0 Å². The minimum absolute atomic E-state index is 0.0274. The molecule has 3 nitrogen and oxygen atoms in total. The smallest absolute Gasteiger partial charge is 0.0824 e. The Labute approximate surface area is 73.3 Å². The lowest BCUT2D eigenvalue weighted by Crippen LogP contribution is -2.55. The van der Waals surface area contributed by atoms with Gasteiger partial charge in [0.2, 0.25) is 0 Å². The van der Waals surface area contributed by atoms with E-state index in [9.17, 15) is 5.11 Å². The Morgan fingerprint density at radius 2 is 1.92 bits per heavy atom. The molecule has 0 aromatic carbocycles. The standard InChI is InChI=1S/C9H18N2O/c10-8(7-1-2-7)9(12)3-5-11-6-4-9/h7-8,11-12H,1-6,10H2. The molecule has 2 rings (SSSR count). The molecular weight excluding hydrogens is 152 g/mol. The summed E-state index contributed by atoms with van der Waals surface area (Å²) in [6.07, 6.45) is 4.09. The molecule has 1 heterocycles. The van der Waals surface area contributed by atoms with Gasteiger partial charge in [0.15, 0.2) is 0 Å². The molecule has 1 unspecified atom stereocenters. The Morgan fingerprint density at radius 3 is 2.42 bits per heavy atom. The quantitative estimate of drug-likeness (QED) is 0.539. The van der Waals surface area contributed by atoms with Gasteiger partial charge >= 0.3 is 0 Å². The summed E-state index contributed by atoms with van der Waals surface area (Å²) in [5.74, 6) is 0.605. The summed E-state index contributed by atoms with van der Waals surface area (Å²) in [7, 11) is 0. The Balaban J connectivity index is 1.96. The number of nitrogens with one attached hydrogen (secondary N) is 1. The van der Waals surface area contributed by atoms with Gasteiger partial charge in [-0.05, 0) is 44.7 Å². The average molecular weight is 170 g/mol.